The van der Waals surface area contributed by atoms with Gasteiger partial charge in [-0.3, -0.25) is 24.9 Å². The van der Waals surface area contributed by atoms with E-state index in [1.807, 2.05) is 25.2 Å². The van der Waals surface area contributed by atoms with E-state index in [-0.39, 0.29) is 30.5 Å². The molecule has 2 amide bonds. The molecule has 1 aromatic carbocycles. The Kier molecular flexibility index (Phi) is 4.53. The van der Waals surface area contributed by atoms with Crippen LogP contribution in [0.25, 0.3) is 11.0 Å². The first-order chi connectivity index (χ1) is 11.5. The largest absolute Gasteiger partial charge is 0.396 e. The van der Waals surface area contributed by atoms with Gasteiger partial charge in [0.05, 0.1) is 11.0 Å². The highest BCUT2D eigenvalue weighted by atomic mass is 16.3. The number of carbonyl (C=O) groups excluding carboxylic acids is 2. The van der Waals surface area contributed by atoms with Gasteiger partial charge in [-0.2, -0.15) is 0 Å². The van der Waals surface area contributed by atoms with E-state index in [9.17, 15) is 9.59 Å². The smallest absolute Gasteiger partial charge is 0.249 e. The van der Waals surface area contributed by atoms with Gasteiger partial charge < -0.3 is 9.67 Å². The second-order valence-electron chi connectivity index (χ2n) is 6.19. The maximum Gasteiger partial charge on any atom is 0.249 e. The van der Waals surface area contributed by atoms with Crippen molar-refractivity contribution in [1.29, 1.82) is 5.41 Å². The summed E-state index contributed by atoms with van der Waals surface area (Å²) >= 11 is 0. The molecule has 7 nitrogen and oxygen atoms in total. The van der Waals surface area contributed by atoms with Crippen molar-refractivity contribution in [2.24, 2.45) is 7.05 Å². The highest BCUT2D eigenvalue weighted by Gasteiger charge is 2.30. The van der Waals surface area contributed by atoms with Crippen LogP contribution in [0, 0.1) is 5.41 Å². The fourth-order valence-corrected chi connectivity index (χ4v) is 3.41. The molecule has 1 saturated heterocycles. The second-order valence-corrected chi connectivity index (χ2v) is 6.19. The molecule has 3 rings (SSSR count). The average Bonchev–Trinajstić information content (AvgIpc) is 2.81. The van der Waals surface area contributed by atoms with E-state index in [0.717, 1.165) is 35.9 Å². The Morgan fingerprint density at radius 1 is 1.33 bits per heavy atom. The monoisotopic (exact) mass is 330 g/mol. The summed E-state index contributed by atoms with van der Waals surface area (Å²) in [6, 6.07) is 5.32. The SMILES string of the molecule is Cn1c(=N)n(C2CCC(=O)NC2=O)c2cccc(CCCCO)c21. The minimum atomic E-state index is -0.536. The fourth-order valence-electron chi connectivity index (χ4n) is 3.41. The van der Waals surface area contributed by atoms with Crippen LogP contribution < -0.4 is 10.9 Å². The van der Waals surface area contributed by atoms with Crippen LogP contribution in [0.3, 0.4) is 0 Å². The molecule has 0 bridgehead atoms. The van der Waals surface area contributed by atoms with Crippen molar-refractivity contribution in [2.75, 3.05) is 6.61 Å². The molecule has 1 unspecified atom stereocenters. The van der Waals surface area contributed by atoms with Gasteiger partial charge in [0.15, 0.2) is 0 Å². The number of aromatic nitrogens is 2. The molecule has 7 heteroatoms. The fraction of sp³-hybridized carbons (Fsp3) is 0.471. The lowest BCUT2D eigenvalue weighted by Crippen LogP contribution is -2.44. The van der Waals surface area contributed by atoms with E-state index >= 15 is 0 Å². The third kappa shape index (κ3) is 2.75. The van der Waals surface area contributed by atoms with Crippen LogP contribution >= 0.6 is 0 Å². The molecule has 3 N–H and O–H groups in total. The van der Waals surface area contributed by atoms with Crippen LogP contribution in [0.4, 0.5) is 0 Å². The minimum Gasteiger partial charge on any atom is -0.396 e. The van der Waals surface area contributed by atoms with E-state index in [4.69, 9.17) is 10.5 Å². The maximum absolute atomic E-state index is 12.2. The zero-order valence-electron chi connectivity index (χ0n) is 13.7. The quantitative estimate of drug-likeness (QED) is 0.557. The third-order valence-corrected chi connectivity index (χ3v) is 4.62. The number of nitrogens with one attached hydrogen (secondary N) is 2. The Morgan fingerprint density at radius 3 is 2.83 bits per heavy atom. The summed E-state index contributed by atoms with van der Waals surface area (Å²) in [7, 11) is 1.82. The van der Waals surface area contributed by atoms with Gasteiger partial charge in [0, 0.05) is 20.1 Å². The molecule has 2 aromatic rings. The van der Waals surface area contributed by atoms with Crippen molar-refractivity contribution in [2.45, 2.75) is 38.1 Å². The molecule has 1 fully saturated rings. The van der Waals surface area contributed by atoms with Crippen molar-refractivity contribution in [3.8, 4) is 0 Å². The summed E-state index contributed by atoms with van der Waals surface area (Å²) in [6.07, 6.45) is 3.11. The number of hydrogen-bond donors (Lipinski definition) is 3. The third-order valence-electron chi connectivity index (χ3n) is 4.62. The van der Waals surface area contributed by atoms with Crippen LogP contribution in [-0.4, -0.2) is 32.7 Å². The number of nitrogens with zero attached hydrogens (tertiary/aromatic N) is 2. The van der Waals surface area contributed by atoms with Gasteiger partial charge in [-0.1, -0.05) is 12.1 Å². The summed E-state index contributed by atoms with van der Waals surface area (Å²) in [5.74, 6) is -0.601. The van der Waals surface area contributed by atoms with Gasteiger partial charge in [-0.25, -0.2) is 0 Å². The number of aliphatic hydroxyl groups is 1. The molecule has 1 aliphatic rings. The summed E-state index contributed by atoms with van der Waals surface area (Å²) in [4.78, 5) is 23.6. The summed E-state index contributed by atoms with van der Waals surface area (Å²) in [5.41, 5.74) is 3.11. The van der Waals surface area contributed by atoms with Crippen LogP contribution in [-0.2, 0) is 23.1 Å². The molecule has 0 spiro atoms. The Morgan fingerprint density at radius 2 is 2.12 bits per heavy atom. The predicted molar refractivity (Wildman–Crippen MR) is 88.2 cm³/mol. The zero-order chi connectivity index (χ0) is 17.3. The van der Waals surface area contributed by atoms with Crippen LogP contribution in [0.15, 0.2) is 18.2 Å². The summed E-state index contributed by atoms with van der Waals surface area (Å²) in [6.45, 7) is 0.170. The van der Waals surface area contributed by atoms with Gasteiger partial charge in [0.1, 0.15) is 6.04 Å². The van der Waals surface area contributed by atoms with Gasteiger partial charge in [0.2, 0.25) is 17.4 Å². The number of amides is 2. The molecule has 0 aliphatic carbocycles. The first-order valence-corrected chi connectivity index (χ1v) is 8.22. The number of benzene rings is 1. The van der Waals surface area contributed by atoms with Crippen LogP contribution in [0.1, 0.15) is 37.3 Å². The Balaban J connectivity index is 2.08. The molecule has 24 heavy (non-hydrogen) atoms. The average molecular weight is 330 g/mol. The summed E-state index contributed by atoms with van der Waals surface area (Å²) < 4.78 is 3.50. The Bertz CT molecular complexity index is 849. The number of hydrogen-bond acceptors (Lipinski definition) is 4. The number of rotatable bonds is 5. The highest BCUT2D eigenvalue weighted by Crippen LogP contribution is 2.25. The number of imidazole rings is 1. The second kappa shape index (κ2) is 6.60. The van der Waals surface area contributed by atoms with Crippen molar-refractivity contribution >= 4 is 22.8 Å². The van der Waals surface area contributed by atoms with Crippen molar-refractivity contribution in [3.63, 3.8) is 0 Å². The number of aliphatic hydroxyl groups excluding tert-OH is 1. The number of unbranched alkanes of at least 4 members (excludes halogenated alkanes) is 1. The summed E-state index contributed by atoms with van der Waals surface area (Å²) in [5, 5.41) is 19.8. The molecule has 0 saturated carbocycles. The number of imide groups is 1. The van der Waals surface area contributed by atoms with E-state index in [0.29, 0.717) is 6.42 Å². The molecule has 1 aromatic heterocycles. The molecule has 0 radical (unpaired) electrons. The lowest BCUT2D eigenvalue weighted by Gasteiger charge is -2.22. The van der Waals surface area contributed by atoms with Crippen LogP contribution in [0.5, 0.6) is 0 Å². The van der Waals surface area contributed by atoms with Gasteiger partial charge in [-0.15, -0.1) is 0 Å². The molecular weight excluding hydrogens is 308 g/mol. The van der Waals surface area contributed by atoms with Crippen molar-refractivity contribution in [1.82, 2.24) is 14.5 Å². The van der Waals surface area contributed by atoms with E-state index in [2.05, 4.69) is 5.32 Å². The molecule has 1 aliphatic heterocycles. The molecule has 2 heterocycles. The first-order valence-electron chi connectivity index (χ1n) is 8.22. The number of fused-ring (bicyclic) bond motifs is 1. The first kappa shape index (κ1) is 16.4. The number of para-hydroxylation sites is 1. The van der Waals surface area contributed by atoms with E-state index in [1.165, 1.54) is 0 Å². The zero-order valence-corrected chi connectivity index (χ0v) is 13.7. The van der Waals surface area contributed by atoms with Gasteiger partial charge in [0.25, 0.3) is 0 Å². The van der Waals surface area contributed by atoms with Crippen molar-refractivity contribution < 1.29 is 14.7 Å². The van der Waals surface area contributed by atoms with E-state index in [1.54, 1.807) is 9.13 Å². The van der Waals surface area contributed by atoms with E-state index < -0.39 is 6.04 Å². The number of piperidine rings is 1. The lowest BCUT2D eigenvalue weighted by molar-refractivity contribution is -0.135. The standard InChI is InChI=1S/C17H22N4O3/c1-20-15-11(5-2-3-10-22)6-4-7-12(15)21(17(20)18)13-8-9-14(23)19-16(13)24/h4,6-7,13,18,22H,2-3,5,8-10H2,1H3,(H,19,23,24). The Hall–Kier alpha value is -2.41. The number of aryl methyl sites for hydroxylation is 2. The lowest BCUT2D eigenvalue weighted by atomic mass is 10.0. The topological polar surface area (TPSA) is 100 Å². The predicted octanol–water partition coefficient (Wildman–Crippen LogP) is 0.752. The van der Waals surface area contributed by atoms with Gasteiger partial charge in [-0.05, 0) is 37.3 Å². The highest BCUT2D eigenvalue weighted by molar-refractivity contribution is 6.00. The molecular formula is C17H22N4O3. The minimum absolute atomic E-state index is 0.170. The Labute approximate surface area is 139 Å². The molecule has 128 valence electrons. The van der Waals surface area contributed by atoms with Gasteiger partial charge >= 0.3 is 0 Å². The number of carbonyl (C=O) groups is 2. The van der Waals surface area contributed by atoms with Crippen molar-refractivity contribution in [3.05, 3.63) is 29.4 Å². The maximum atomic E-state index is 12.2. The molecule has 1 atom stereocenters. The normalized spacial score (nSPS) is 18.2. The van der Waals surface area contributed by atoms with Crippen LogP contribution in [0.2, 0.25) is 0 Å².